The smallest absolute Gasteiger partial charge is 0.343 e. The molecule has 0 radical (unpaired) electrons. The summed E-state index contributed by atoms with van der Waals surface area (Å²) in [4.78, 5) is 24.9. The molecule has 3 heterocycles. The van der Waals surface area contributed by atoms with Gasteiger partial charge in [-0.25, -0.2) is 9.97 Å². The van der Waals surface area contributed by atoms with Crippen LogP contribution >= 0.6 is 11.3 Å². The first-order valence-corrected chi connectivity index (χ1v) is 10.4. The Hall–Kier alpha value is -3.19. The van der Waals surface area contributed by atoms with Crippen LogP contribution in [-0.2, 0) is 11.0 Å². The van der Waals surface area contributed by atoms with E-state index >= 15 is 0 Å². The maximum absolute atomic E-state index is 13.5. The average Bonchev–Trinajstić information content (AvgIpc) is 3.38. The van der Waals surface area contributed by atoms with Crippen LogP contribution in [0, 0.1) is 18.3 Å². The van der Waals surface area contributed by atoms with Crippen LogP contribution in [0.15, 0.2) is 30.3 Å². The van der Waals surface area contributed by atoms with Gasteiger partial charge in [0.05, 0.1) is 15.8 Å². The molecule has 1 unspecified atom stereocenters. The highest BCUT2D eigenvalue weighted by Gasteiger charge is 2.40. The molecule has 1 aliphatic rings. The molecule has 2 aromatic heterocycles. The van der Waals surface area contributed by atoms with Crippen LogP contribution in [0.2, 0.25) is 0 Å². The maximum Gasteiger partial charge on any atom is 0.417 e. The standard InChI is InChI=1S/C21H18F3N5OS/c1-12-10-14(21(22,23)24)13(11-25)18(26-12)29-9-5-7-16(29)19(30)28(2)20-27-15-6-3-4-8-17(15)31-20/h3-4,6,8,10,16H,5,7,9H2,1-2H3. The number of fused-ring (bicyclic) bond motifs is 1. The van der Waals surface area contributed by atoms with Crippen LogP contribution in [0.3, 0.4) is 0 Å². The van der Waals surface area contributed by atoms with Crippen molar-refractivity contribution in [2.45, 2.75) is 32.0 Å². The van der Waals surface area contributed by atoms with E-state index in [0.717, 1.165) is 16.3 Å². The molecule has 3 aromatic rings. The van der Waals surface area contributed by atoms with Gasteiger partial charge in [-0.3, -0.25) is 9.69 Å². The van der Waals surface area contributed by atoms with Crippen molar-refractivity contribution in [2.75, 3.05) is 23.4 Å². The summed E-state index contributed by atoms with van der Waals surface area (Å²) in [6, 6.07) is 9.30. The van der Waals surface area contributed by atoms with Crippen LogP contribution < -0.4 is 9.80 Å². The number of aryl methyl sites for hydroxylation is 1. The van der Waals surface area contributed by atoms with Crippen LogP contribution in [0.5, 0.6) is 0 Å². The molecular formula is C21H18F3N5OS. The zero-order valence-corrected chi connectivity index (χ0v) is 17.6. The number of halogens is 3. The molecule has 0 N–H and O–H groups in total. The Morgan fingerprint density at radius 2 is 2.06 bits per heavy atom. The lowest BCUT2D eigenvalue weighted by Crippen LogP contribution is -2.45. The molecule has 1 aliphatic heterocycles. The zero-order chi connectivity index (χ0) is 22.3. The number of nitrogens with zero attached hydrogens (tertiary/aromatic N) is 5. The lowest BCUT2D eigenvalue weighted by atomic mass is 10.1. The minimum atomic E-state index is -4.69. The number of carbonyl (C=O) groups excluding carboxylic acids is 1. The Balaban J connectivity index is 1.70. The fourth-order valence-corrected chi connectivity index (χ4v) is 4.73. The summed E-state index contributed by atoms with van der Waals surface area (Å²) in [5, 5.41) is 9.99. The van der Waals surface area contributed by atoms with E-state index in [-0.39, 0.29) is 17.4 Å². The van der Waals surface area contributed by atoms with Crippen LogP contribution in [0.4, 0.5) is 24.1 Å². The number of likely N-dealkylation sites (N-methyl/N-ethyl adjacent to an activating group) is 1. The lowest BCUT2D eigenvalue weighted by molar-refractivity contribution is -0.137. The fraction of sp³-hybridized carbons (Fsp3) is 0.333. The van der Waals surface area contributed by atoms with Crippen molar-refractivity contribution in [1.29, 1.82) is 5.26 Å². The van der Waals surface area contributed by atoms with E-state index in [1.54, 1.807) is 13.1 Å². The Bertz CT molecular complexity index is 1170. The third-order valence-electron chi connectivity index (χ3n) is 5.26. The highest BCUT2D eigenvalue weighted by molar-refractivity contribution is 7.22. The monoisotopic (exact) mass is 445 g/mol. The largest absolute Gasteiger partial charge is 0.417 e. The van der Waals surface area contributed by atoms with Crippen molar-refractivity contribution in [3.8, 4) is 6.07 Å². The van der Waals surface area contributed by atoms with Gasteiger partial charge in [-0.15, -0.1) is 0 Å². The predicted octanol–water partition coefficient (Wildman–Crippen LogP) is 4.52. The minimum absolute atomic E-state index is 0.0941. The molecule has 1 atom stereocenters. The van der Waals surface area contributed by atoms with Gasteiger partial charge in [-0.05, 0) is 38.0 Å². The molecule has 10 heteroatoms. The first-order chi connectivity index (χ1) is 14.7. The topological polar surface area (TPSA) is 73.1 Å². The van der Waals surface area contributed by atoms with Crippen molar-refractivity contribution in [2.24, 2.45) is 0 Å². The maximum atomic E-state index is 13.5. The minimum Gasteiger partial charge on any atom is -0.343 e. The Morgan fingerprint density at radius 3 is 2.74 bits per heavy atom. The Morgan fingerprint density at radius 1 is 1.32 bits per heavy atom. The van der Waals surface area contributed by atoms with Crippen molar-refractivity contribution < 1.29 is 18.0 Å². The number of hydrogen-bond acceptors (Lipinski definition) is 6. The first-order valence-electron chi connectivity index (χ1n) is 9.59. The molecule has 31 heavy (non-hydrogen) atoms. The van der Waals surface area contributed by atoms with Gasteiger partial charge in [-0.1, -0.05) is 23.5 Å². The number of aromatic nitrogens is 2. The van der Waals surface area contributed by atoms with Gasteiger partial charge in [-0.2, -0.15) is 18.4 Å². The number of rotatable bonds is 3. The zero-order valence-electron chi connectivity index (χ0n) is 16.8. The number of anilines is 2. The molecule has 4 rings (SSSR count). The molecular weight excluding hydrogens is 427 g/mol. The van der Waals surface area contributed by atoms with Gasteiger partial charge in [0.1, 0.15) is 23.5 Å². The number of thiazole rings is 1. The van der Waals surface area contributed by atoms with Crippen LogP contribution in [-0.4, -0.2) is 35.5 Å². The average molecular weight is 445 g/mol. The number of benzene rings is 1. The van der Waals surface area contributed by atoms with Crippen LogP contribution in [0.25, 0.3) is 10.2 Å². The number of para-hydroxylation sites is 1. The van der Waals surface area contributed by atoms with Crippen LogP contribution in [0.1, 0.15) is 29.7 Å². The number of alkyl halides is 3. The number of carbonyl (C=O) groups is 1. The van der Waals surface area contributed by atoms with Crippen molar-refractivity contribution >= 4 is 38.4 Å². The third kappa shape index (κ3) is 3.81. The SMILES string of the molecule is Cc1cc(C(F)(F)F)c(C#N)c(N2CCCC2C(=O)N(C)c2nc3ccccc3s2)n1. The second kappa shape index (κ2) is 7.81. The summed E-state index contributed by atoms with van der Waals surface area (Å²) in [5.74, 6) is -0.388. The van der Waals surface area contributed by atoms with Crippen molar-refractivity contribution in [1.82, 2.24) is 9.97 Å². The van der Waals surface area contributed by atoms with E-state index in [0.29, 0.717) is 24.5 Å². The number of pyridine rings is 1. The summed E-state index contributed by atoms with van der Waals surface area (Å²) in [5.41, 5.74) is -0.679. The summed E-state index contributed by atoms with van der Waals surface area (Å²) >= 11 is 1.36. The van der Waals surface area contributed by atoms with E-state index in [1.165, 1.54) is 28.1 Å². The van der Waals surface area contributed by atoms with E-state index in [9.17, 15) is 23.2 Å². The van der Waals surface area contributed by atoms with E-state index in [2.05, 4.69) is 9.97 Å². The summed E-state index contributed by atoms with van der Waals surface area (Å²) < 4.78 is 41.5. The molecule has 1 aromatic carbocycles. The molecule has 0 saturated carbocycles. The molecule has 0 bridgehead atoms. The summed E-state index contributed by atoms with van der Waals surface area (Å²) in [6.07, 6.45) is -3.63. The summed E-state index contributed by atoms with van der Waals surface area (Å²) in [6.45, 7) is 1.78. The number of nitriles is 1. The van der Waals surface area contributed by atoms with Gasteiger partial charge in [0.15, 0.2) is 5.13 Å². The molecule has 1 fully saturated rings. The van der Waals surface area contributed by atoms with Crippen molar-refractivity contribution in [3.05, 3.63) is 47.2 Å². The second-order valence-electron chi connectivity index (χ2n) is 7.33. The number of hydrogen-bond donors (Lipinski definition) is 0. The van der Waals surface area contributed by atoms with E-state index in [4.69, 9.17) is 0 Å². The van der Waals surface area contributed by atoms with Gasteiger partial charge in [0.2, 0.25) is 0 Å². The third-order valence-corrected chi connectivity index (χ3v) is 6.37. The Kier molecular flexibility index (Phi) is 5.31. The molecule has 6 nitrogen and oxygen atoms in total. The molecule has 0 spiro atoms. The molecule has 1 amide bonds. The highest BCUT2D eigenvalue weighted by Crippen LogP contribution is 2.38. The molecule has 1 saturated heterocycles. The van der Waals surface area contributed by atoms with Gasteiger partial charge in [0, 0.05) is 19.3 Å². The normalized spacial score (nSPS) is 16.5. The molecule has 0 aliphatic carbocycles. The van der Waals surface area contributed by atoms with E-state index < -0.39 is 23.3 Å². The number of amides is 1. The fourth-order valence-electron chi connectivity index (χ4n) is 3.80. The Labute approximate surface area is 180 Å². The predicted molar refractivity (Wildman–Crippen MR) is 112 cm³/mol. The lowest BCUT2D eigenvalue weighted by Gasteiger charge is -2.29. The summed E-state index contributed by atoms with van der Waals surface area (Å²) in [7, 11) is 1.60. The van der Waals surface area contributed by atoms with Gasteiger partial charge in [0.25, 0.3) is 5.91 Å². The van der Waals surface area contributed by atoms with Crippen molar-refractivity contribution in [3.63, 3.8) is 0 Å². The highest BCUT2D eigenvalue weighted by atomic mass is 32.1. The van der Waals surface area contributed by atoms with Gasteiger partial charge >= 0.3 is 6.18 Å². The van der Waals surface area contributed by atoms with Gasteiger partial charge < -0.3 is 4.90 Å². The quantitative estimate of drug-likeness (QED) is 0.593. The second-order valence-corrected chi connectivity index (χ2v) is 8.34. The first kappa shape index (κ1) is 21.1. The molecule has 160 valence electrons. The van der Waals surface area contributed by atoms with E-state index in [1.807, 2.05) is 24.3 Å².